The summed E-state index contributed by atoms with van der Waals surface area (Å²) in [6.07, 6.45) is 4.21. The molecular weight excluding hydrogens is 412 g/mol. The summed E-state index contributed by atoms with van der Waals surface area (Å²) in [5, 5.41) is 5.90. The Morgan fingerprint density at radius 1 is 0.846 bits per heavy atom. The third-order valence-electron chi connectivity index (χ3n) is 5.43. The van der Waals surface area contributed by atoms with E-state index in [0.29, 0.717) is 38.8 Å². The fourth-order valence-corrected chi connectivity index (χ4v) is 4.79. The van der Waals surface area contributed by atoms with Crippen LogP contribution in [0.4, 0.5) is 0 Å². The van der Waals surface area contributed by atoms with Crippen LogP contribution in [-0.4, -0.2) is 12.1 Å². The molecule has 2 bridgehead atoms. The molecule has 2 aliphatic heterocycles. The fourth-order valence-electron chi connectivity index (χ4n) is 4.17. The predicted octanol–water partition coefficient (Wildman–Crippen LogP) is 6.63. The molecule has 6 heteroatoms. The number of halogens is 4. The highest BCUT2D eigenvalue weighted by molar-refractivity contribution is 6.42. The van der Waals surface area contributed by atoms with E-state index < -0.39 is 0 Å². The highest BCUT2D eigenvalue weighted by Gasteiger charge is 2.45. The number of fused-ring (bicyclic) bond motifs is 2. The van der Waals surface area contributed by atoms with Crippen molar-refractivity contribution in [1.82, 2.24) is 5.32 Å². The van der Waals surface area contributed by atoms with Crippen molar-refractivity contribution in [3.8, 4) is 0 Å². The summed E-state index contributed by atoms with van der Waals surface area (Å²) in [7, 11) is 0. The molecule has 2 aromatic rings. The van der Waals surface area contributed by atoms with Crippen LogP contribution in [0.2, 0.25) is 20.1 Å². The Kier molecular flexibility index (Phi) is 5.44. The first-order valence-corrected chi connectivity index (χ1v) is 10.3. The summed E-state index contributed by atoms with van der Waals surface area (Å²) in [5.41, 5.74) is 1.72. The van der Waals surface area contributed by atoms with Crippen molar-refractivity contribution in [3.63, 3.8) is 0 Å². The zero-order valence-corrected chi connectivity index (χ0v) is 17.1. The molecule has 1 unspecified atom stereocenters. The Bertz CT molecular complexity index is 813. The third-order valence-corrected chi connectivity index (χ3v) is 6.91. The highest BCUT2D eigenvalue weighted by Crippen LogP contribution is 2.45. The maximum Gasteiger partial charge on any atom is 0.0966 e. The minimum atomic E-state index is -0.378. The van der Waals surface area contributed by atoms with E-state index in [1.54, 1.807) is 6.07 Å². The van der Waals surface area contributed by atoms with E-state index >= 15 is 0 Å². The van der Waals surface area contributed by atoms with Gasteiger partial charge in [-0.15, -0.1) is 0 Å². The van der Waals surface area contributed by atoms with Crippen molar-refractivity contribution in [1.29, 1.82) is 0 Å². The van der Waals surface area contributed by atoms with Gasteiger partial charge in [0.25, 0.3) is 0 Å². The molecule has 0 amide bonds. The number of rotatable bonds is 4. The second kappa shape index (κ2) is 7.50. The molecule has 0 spiro atoms. The molecule has 1 N–H and O–H groups in total. The average Bonchev–Trinajstić information content (AvgIpc) is 2.97. The van der Waals surface area contributed by atoms with Crippen LogP contribution in [0, 0.1) is 0 Å². The van der Waals surface area contributed by atoms with Gasteiger partial charge in [0.15, 0.2) is 0 Å². The smallest absolute Gasteiger partial charge is 0.0966 e. The van der Waals surface area contributed by atoms with Gasteiger partial charge in [0.2, 0.25) is 0 Å². The molecule has 0 radical (unpaired) electrons. The van der Waals surface area contributed by atoms with Crippen LogP contribution in [0.5, 0.6) is 0 Å². The highest BCUT2D eigenvalue weighted by atomic mass is 35.5. The van der Waals surface area contributed by atoms with E-state index in [0.717, 1.165) is 24.0 Å². The molecule has 2 fully saturated rings. The van der Waals surface area contributed by atoms with E-state index in [-0.39, 0.29) is 5.60 Å². The standard InChI is InChI=1S/C20H19Cl4NO/c21-16-5-1-12(7-18(16)23)11-26-20(9-14-3-4-15(10-20)25-14)13-2-6-17(22)19(24)8-13/h1-2,5-8,14-15,25H,3-4,9-11H2/t14-,15+,20?. The van der Waals surface area contributed by atoms with Crippen molar-refractivity contribution in [3.05, 3.63) is 67.6 Å². The second-order valence-electron chi connectivity index (χ2n) is 7.21. The number of nitrogens with one attached hydrogen (secondary N) is 1. The lowest BCUT2D eigenvalue weighted by Gasteiger charge is -2.42. The van der Waals surface area contributed by atoms with Crippen LogP contribution in [0.3, 0.4) is 0 Å². The molecule has 0 aromatic heterocycles. The van der Waals surface area contributed by atoms with Crippen LogP contribution in [0.25, 0.3) is 0 Å². The van der Waals surface area contributed by atoms with Crippen LogP contribution in [0.1, 0.15) is 36.8 Å². The molecule has 26 heavy (non-hydrogen) atoms. The lowest BCUT2D eigenvalue weighted by atomic mass is 9.81. The third kappa shape index (κ3) is 3.73. The van der Waals surface area contributed by atoms with Gasteiger partial charge < -0.3 is 10.1 Å². The van der Waals surface area contributed by atoms with E-state index in [1.807, 2.05) is 30.3 Å². The molecule has 4 rings (SSSR count). The Morgan fingerprint density at radius 2 is 1.46 bits per heavy atom. The number of piperidine rings is 1. The summed E-state index contributed by atoms with van der Waals surface area (Å²) in [6, 6.07) is 12.4. The second-order valence-corrected chi connectivity index (χ2v) is 8.84. The first-order chi connectivity index (χ1) is 12.4. The lowest BCUT2D eigenvalue weighted by molar-refractivity contribution is -0.0928. The van der Waals surface area contributed by atoms with E-state index in [4.69, 9.17) is 51.1 Å². The Labute approximate surface area is 173 Å². The molecular formula is C20H19Cl4NO. The first-order valence-electron chi connectivity index (χ1n) is 8.75. The van der Waals surface area contributed by atoms with Gasteiger partial charge in [0.05, 0.1) is 32.3 Å². The number of hydrogen-bond acceptors (Lipinski definition) is 2. The van der Waals surface area contributed by atoms with E-state index in [1.165, 1.54) is 12.8 Å². The maximum atomic E-state index is 6.57. The number of benzene rings is 2. The Morgan fingerprint density at radius 3 is 2.08 bits per heavy atom. The van der Waals surface area contributed by atoms with Crippen molar-refractivity contribution >= 4 is 46.4 Å². The van der Waals surface area contributed by atoms with Crippen LogP contribution in [-0.2, 0) is 16.9 Å². The Balaban J connectivity index is 1.64. The topological polar surface area (TPSA) is 21.3 Å². The van der Waals surface area contributed by atoms with Crippen molar-refractivity contribution in [2.24, 2.45) is 0 Å². The van der Waals surface area contributed by atoms with Gasteiger partial charge in [-0.05, 0) is 61.1 Å². The van der Waals surface area contributed by atoms with Crippen LogP contribution >= 0.6 is 46.4 Å². The summed E-state index contributed by atoms with van der Waals surface area (Å²) in [5.74, 6) is 0. The molecule has 2 aliphatic rings. The van der Waals surface area contributed by atoms with Crippen molar-refractivity contribution < 1.29 is 4.74 Å². The van der Waals surface area contributed by atoms with Gasteiger partial charge in [-0.3, -0.25) is 0 Å². The minimum Gasteiger partial charge on any atom is -0.365 e. The normalized spacial score (nSPS) is 27.7. The van der Waals surface area contributed by atoms with Gasteiger partial charge in [-0.25, -0.2) is 0 Å². The lowest BCUT2D eigenvalue weighted by Crippen LogP contribution is -2.48. The molecule has 2 nitrogen and oxygen atoms in total. The zero-order valence-electron chi connectivity index (χ0n) is 14.1. The van der Waals surface area contributed by atoms with E-state index in [2.05, 4.69) is 5.32 Å². The molecule has 138 valence electrons. The summed E-state index contributed by atoms with van der Waals surface area (Å²) >= 11 is 24.6. The fraction of sp³-hybridized carbons (Fsp3) is 0.400. The van der Waals surface area contributed by atoms with Crippen LogP contribution in [0.15, 0.2) is 36.4 Å². The van der Waals surface area contributed by atoms with Gasteiger partial charge in [-0.1, -0.05) is 58.5 Å². The molecule has 2 aromatic carbocycles. The zero-order chi connectivity index (χ0) is 18.3. The minimum absolute atomic E-state index is 0.378. The number of hydrogen-bond donors (Lipinski definition) is 1. The quantitative estimate of drug-likeness (QED) is 0.587. The van der Waals surface area contributed by atoms with Gasteiger partial charge in [-0.2, -0.15) is 0 Å². The summed E-state index contributed by atoms with van der Waals surface area (Å²) < 4.78 is 6.57. The van der Waals surface area contributed by atoms with Gasteiger partial charge in [0.1, 0.15) is 0 Å². The predicted molar refractivity (Wildman–Crippen MR) is 109 cm³/mol. The SMILES string of the molecule is Clc1ccc(COC2(c3ccc(Cl)c(Cl)c3)C[C@H]3CC[C@@H](C2)N3)cc1Cl. The van der Waals surface area contributed by atoms with Crippen LogP contribution < -0.4 is 5.32 Å². The molecule has 0 aliphatic carbocycles. The van der Waals surface area contributed by atoms with Gasteiger partial charge in [0, 0.05) is 12.1 Å². The molecule has 2 saturated heterocycles. The monoisotopic (exact) mass is 429 g/mol. The van der Waals surface area contributed by atoms with Crippen molar-refractivity contribution in [2.75, 3.05) is 0 Å². The Hall–Kier alpha value is -0.480. The summed E-state index contributed by atoms with van der Waals surface area (Å²) in [4.78, 5) is 0. The number of ether oxygens (including phenoxy) is 1. The average molecular weight is 431 g/mol. The molecule has 2 heterocycles. The largest absolute Gasteiger partial charge is 0.365 e. The first kappa shape index (κ1) is 18.9. The van der Waals surface area contributed by atoms with Gasteiger partial charge >= 0.3 is 0 Å². The molecule has 0 saturated carbocycles. The molecule has 3 atom stereocenters. The summed E-state index contributed by atoms with van der Waals surface area (Å²) in [6.45, 7) is 0.469. The maximum absolute atomic E-state index is 6.57. The van der Waals surface area contributed by atoms with E-state index in [9.17, 15) is 0 Å². The van der Waals surface area contributed by atoms with Crippen molar-refractivity contribution in [2.45, 2.75) is 50.0 Å².